The summed E-state index contributed by atoms with van der Waals surface area (Å²) >= 11 is 6.67. The lowest BCUT2D eigenvalue weighted by atomic mass is 9.89. The maximum atomic E-state index is 14.3. The Balaban J connectivity index is 1.29. The molecule has 43 heavy (non-hydrogen) atoms. The quantitative estimate of drug-likeness (QED) is 0.203. The summed E-state index contributed by atoms with van der Waals surface area (Å²) in [6.07, 6.45) is 2.76. The molecular formula is C34H29ClFN3O4. The summed E-state index contributed by atoms with van der Waals surface area (Å²) in [4.78, 5) is 35.5. The number of H-pyrrole nitrogens is 1. The van der Waals surface area contributed by atoms with Gasteiger partial charge in [-0.05, 0) is 54.5 Å². The Morgan fingerprint density at radius 3 is 2.51 bits per heavy atom. The zero-order valence-electron chi connectivity index (χ0n) is 23.4. The molecule has 7 nitrogen and oxygen atoms in total. The fraction of sp³-hybridized carbons (Fsp3) is 0.206. The van der Waals surface area contributed by atoms with E-state index in [0.717, 1.165) is 19.3 Å². The molecule has 1 amide bonds. The average Bonchev–Trinajstić information content (AvgIpc) is 3.43. The number of likely N-dealkylation sites (tertiary alicyclic amines) is 1. The van der Waals surface area contributed by atoms with E-state index in [1.54, 1.807) is 35.2 Å². The van der Waals surface area contributed by atoms with E-state index in [0.29, 0.717) is 63.1 Å². The number of carbonyl (C=O) groups excluding carboxylic acids is 1. The lowest BCUT2D eigenvalue weighted by Gasteiger charge is -2.32. The van der Waals surface area contributed by atoms with E-state index in [9.17, 15) is 19.1 Å². The molecule has 1 aromatic heterocycles. The second-order valence-electron chi connectivity index (χ2n) is 10.7. The van der Waals surface area contributed by atoms with Gasteiger partial charge >= 0.3 is 5.97 Å². The molecule has 1 fully saturated rings. The van der Waals surface area contributed by atoms with E-state index < -0.39 is 11.8 Å². The number of aromatic amines is 1. The zero-order valence-corrected chi connectivity index (χ0v) is 24.2. The van der Waals surface area contributed by atoms with Crippen molar-refractivity contribution in [1.82, 2.24) is 14.9 Å². The molecule has 0 aliphatic carbocycles. The van der Waals surface area contributed by atoms with Crippen LogP contribution in [0.25, 0.3) is 33.5 Å². The number of rotatable bonds is 7. The van der Waals surface area contributed by atoms with Gasteiger partial charge < -0.3 is 19.7 Å². The van der Waals surface area contributed by atoms with Gasteiger partial charge in [-0.25, -0.2) is 14.2 Å². The molecular weight excluding hydrogens is 569 g/mol. The molecule has 5 aromatic rings. The Bertz CT molecular complexity index is 1830. The number of hydrogen-bond donors (Lipinski definition) is 2. The van der Waals surface area contributed by atoms with Crippen molar-refractivity contribution in [3.8, 4) is 28.3 Å². The van der Waals surface area contributed by atoms with Crippen LogP contribution in [-0.4, -0.2) is 52.1 Å². The Hall–Kier alpha value is -4.69. The number of carboxylic acid groups (broad SMARTS) is 1. The van der Waals surface area contributed by atoms with E-state index >= 15 is 0 Å². The number of hydrogen-bond acceptors (Lipinski definition) is 4. The molecule has 1 saturated heterocycles. The second kappa shape index (κ2) is 11.9. The highest BCUT2D eigenvalue weighted by Gasteiger charge is 2.26. The molecule has 9 heteroatoms. The van der Waals surface area contributed by atoms with Crippen LogP contribution < -0.4 is 4.74 Å². The van der Waals surface area contributed by atoms with Gasteiger partial charge in [-0.15, -0.1) is 0 Å². The van der Waals surface area contributed by atoms with Crippen LogP contribution in [0.15, 0.2) is 78.9 Å². The van der Waals surface area contributed by atoms with Gasteiger partial charge in [-0.2, -0.15) is 0 Å². The first-order valence-corrected chi connectivity index (χ1v) is 14.4. The van der Waals surface area contributed by atoms with Gasteiger partial charge in [0.1, 0.15) is 5.82 Å². The van der Waals surface area contributed by atoms with Gasteiger partial charge in [0.15, 0.2) is 11.6 Å². The van der Waals surface area contributed by atoms with Crippen LogP contribution in [0, 0.1) is 11.7 Å². The number of methoxy groups -OCH3 is 1. The number of nitrogens with zero attached hydrogens (tertiary/aromatic N) is 2. The lowest BCUT2D eigenvalue weighted by molar-refractivity contribution is 0.0690. The van der Waals surface area contributed by atoms with Crippen LogP contribution in [0.3, 0.4) is 0 Å². The summed E-state index contributed by atoms with van der Waals surface area (Å²) in [5.74, 6) is -0.975. The molecule has 4 aromatic carbocycles. The van der Waals surface area contributed by atoms with Crippen molar-refractivity contribution in [1.29, 1.82) is 0 Å². The molecule has 0 unspecified atom stereocenters. The Labute approximate surface area is 252 Å². The number of piperidine rings is 1. The first-order valence-electron chi connectivity index (χ1n) is 14.1. The number of carboxylic acids is 1. The van der Waals surface area contributed by atoms with Gasteiger partial charge in [-0.3, -0.25) is 4.79 Å². The van der Waals surface area contributed by atoms with Crippen LogP contribution in [0.5, 0.6) is 5.75 Å². The fourth-order valence-electron chi connectivity index (χ4n) is 5.83. The van der Waals surface area contributed by atoms with Gasteiger partial charge in [-0.1, -0.05) is 60.1 Å². The average molecular weight is 598 g/mol. The van der Waals surface area contributed by atoms with Gasteiger partial charge in [0.05, 0.1) is 23.7 Å². The summed E-state index contributed by atoms with van der Waals surface area (Å²) in [5, 5.41) is 10.5. The van der Waals surface area contributed by atoms with Crippen LogP contribution in [0.1, 0.15) is 39.1 Å². The largest absolute Gasteiger partial charge is 0.494 e. The minimum atomic E-state index is -1.19. The topological polar surface area (TPSA) is 95.5 Å². The van der Waals surface area contributed by atoms with Crippen molar-refractivity contribution in [2.75, 3.05) is 20.2 Å². The molecule has 218 valence electrons. The molecule has 1 aliphatic heterocycles. The minimum Gasteiger partial charge on any atom is -0.494 e. The van der Waals surface area contributed by atoms with E-state index in [4.69, 9.17) is 16.3 Å². The minimum absolute atomic E-state index is 0.0528. The lowest BCUT2D eigenvalue weighted by Crippen LogP contribution is -2.39. The number of ether oxygens (including phenoxy) is 1. The van der Waals surface area contributed by atoms with Gasteiger partial charge in [0, 0.05) is 46.9 Å². The highest BCUT2D eigenvalue weighted by Crippen LogP contribution is 2.40. The number of carbonyl (C=O) groups is 2. The van der Waals surface area contributed by atoms with Crippen molar-refractivity contribution in [2.24, 2.45) is 5.92 Å². The fourth-order valence-corrected chi connectivity index (χ4v) is 6.11. The summed E-state index contributed by atoms with van der Waals surface area (Å²) in [5.41, 5.74) is 3.79. The van der Waals surface area contributed by atoms with E-state index in [1.165, 1.54) is 30.9 Å². The second-order valence-corrected chi connectivity index (χ2v) is 11.1. The Morgan fingerprint density at radius 2 is 1.79 bits per heavy atom. The maximum Gasteiger partial charge on any atom is 0.336 e. The number of imidazole rings is 1. The number of aromatic nitrogens is 2. The van der Waals surface area contributed by atoms with Crippen molar-refractivity contribution in [2.45, 2.75) is 19.3 Å². The molecule has 0 saturated carbocycles. The molecule has 2 N–H and O–H groups in total. The molecule has 0 spiro atoms. The van der Waals surface area contributed by atoms with Crippen molar-refractivity contribution in [3.63, 3.8) is 0 Å². The number of benzene rings is 4. The SMILES string of the molecule is COc1cc2nc(-c3cccc(Cl)c3-c3ccc(C(=O)N4CCC(Cc5ccccc5)CC4)cc3C(=O)O)[nH]c2cc1F. The Kier molecular flexibility index (Phi) is 7.86. The van der Waals surface area contributed by atoms with Crippen molar-refractivity contribution < 1.29 is 23.8 Å². The van der Waals surface area contributed by atoms with Crippen molar-refractivity contribution in [3.05, 3.63) is 106 Å². The van der Waals surface area contributed by atoms with Gasteiger partial charge in [0.25, 0.3) is 5.91 Å². The number of nitrogens with one attached hydrogen (secondary N) is 1. The molecule has 6 rings (SSSR count). The standard InChI is InChI=1S/C34H29ClFN3O4/c1-43-30-19-29-28(18-27(30)36)37-32(38-29)24-8-5-9-26(35)31(24)23-11-10-22(17-25(23)34(41)42)33(40)39-14-12-21(13-15-39)16-20-6-3-2-4-7-20/h2-11,17-19,21H,12-16H2,1H3,(H,37,38)(H,41,42). The summed E-state index contributed by atoms with van der Waals surface area (Å²) in [6.45, 7) is 1.24. The number of fused-ring (bicyclic) bond motifs is 1. The maximum absolute atomic E-state index is 14.3. The van der Waals surface area contributed by atoms with E-state index in [-0.39, 0.29) is 17.2 Å². The highest BCUT2D eigenvalue weighted by molar-refractivity contribution is 6.34. The molecule has 1 aliphatic rings. The Morgan fingerprint density at radius 1 is 1.02 bits per heavy atom. The third-order valence-corrected chi connectivity index (χ3v) is 8.37. The van der Waals surface area contributed by atoms with Crippen LogP contribution in [-0.2, 0) is 6.42 Å². The predicted molar refractivity (Wildman–Crippen MR) is 164 cm³/mol. The predicted octanol–water partition coefficient (Wildman–Crippen LogP) is 7.49. The molecule has 0 radical (unpaired) electrons. The van der Waals surface area contributed by atoms with Crippen LogP contribution in [0.4, 0.5) is 4.39 Å². The van der Waals surface area contributed by atoms with Crippen LogP contribution >= 0.6 is 11.6 Å². The first kappa shape index (κ1) is 28.4. The van der Waals surface area contributed by atoms with Gasteiger partial charge in [0.2, 0.25) is 0 Å². The summed E-state index contributed by atoms with van der Waals surface area (Å²) in [7, 11) is 1.38. The van der Waals surface area contributed by atoms with E-state index in [1.807, 2.05) is 18.2 Å². The molecule has 0 atom stereocenters. The molecule has 0 bridgehead atoms. The highest BCUT2D eigenvalue weighted by atomic mass is 35.5. The third kappa shape index (κ3) is 5.70. The number of aromatic carboxylic acids is 1. The van der Waals surface area contributed by atoms with Crippen LogP contribution in [0.2, 0.25) is 5.02 Å². The molecule has 2 heterocycles. The third-order valence-electron chi connectivity index (χ3n) is 8.06. The summed E-state index contributed by atoms with van der Waals surface area (Å²) < 4.78 is 19.4. The number of halogens is 2. The van der Waals surface area contributed by atoms with E-state index in [2.05, 4.69) is 22.1 Å². The summed E-state index contributed by atoms with van der Waals surface area (Å²) in [6, 6.07) is 23.0. The zero-order chi connectivity index (χ0) is 30.1. The first-order chi connectivity index (χ1) is 20.8. The van der Waals surface area contributed by atoms with Crippen molar-refractivity contribution >= 4 is 34.5 Å². The smallest absolute Gasteiger partial charge is 0.336 e. The number of amides is 1. The normalized spacial score (nSPS) is 13.8. The monoisotopic (exact) mass is 597 g/mol.